The Balaban J connectivity index is 1.88. The van der Waals surface area contributed by atoms with E-state index in [0.29, 0.717) is 34.2 Å². The number of methoxy groups -OCH3 is 4. The van der Waals surface area contributed by atoms with Gasteiger partial charge in [0.2, 0.25) is 11.7 Å². The van der Waals surface area contributed by atoms with Crippen LogP contribution in [0.15, 0.2) is 54.6 Å². The molecule has 8 nitrogen and oxygen atoms in total. The molecule has 0 fully saturated rings. The smallest absolute Gasteiger partial charge is 0.248 e. The van der Waals surface area contributed by atoms with Gasteiger partial charge in [-0.15, -0.1) is 0 Å². The summed E-state index contributed by atoms with van der Waals surface area (Å²) in [6.45, 7) is 0. The van der Waals surface area contributed by atoms with E-state index in [1.165, 1.54) is 26.4 Å². The maximum atomic E-state index is 12.5. The molecule has 3 aromatic rings. The predicted molar refractivity (Wildman–Crippen MR) is 138 cm³/mol. The maximum absolute atomic E-state index is 12.5. The first-order valence-electron chi connectivity index (χ1n) is 10.6. The molecule has 0 spiro atoms. The highest BCUT2D eigenvalue weighted by atomic mass is 16.5. The second kappa shape index (κ2) is 11.5. The molecule has 1 amide bonds. The van der Waals surface area contributed by atoms with Crippen molar-refractivity contribution in [2.45, 2.75) is 0 Å². The van der Waals surface area contributed by atoms with E-state index < -0.39 is 5.91 Å². The number of nitrogen functional groups attached to an aromatic ring is 1. The fourth-order valence-electron chi connectivity index (χ4n) is 3.43. The number of ether oxygens (including phenoxy) is 4. The molecule has 0 unspecified atom stereocenters. The zero-order valence-corrected chi connectivity index (χ0v) is 20.0. The van der Waals surface area contributed by atoms with Crippen LogP contribution in [0, 0.1) is 0 Å². The van der Waals surface area contributed by atoms with E-state index in [9.17, 15) is 9.90 Å². The van der Waals surface area contributed by atoms with Crippen LogP contribution in [0.2, 0.25) is 0 Å². The number of aromatic hydroxyl groups is 1. The van der Waals surface area contributed by atoms with Gasteiger partial charge >= 0.3 is 0 Å². The molecule has 3 rings (SSSR count). The monoisotopic (exact) mass is 476 g/mol. The summed E-state index contributed by atoms with van der Waals surface area (Å²) in [7, 11) is 6.04. The molecule has 3 aromatic carbocycles. The third-order valence-corrected chi connectivity index (χ3v) is 5.12. The Kier molecular flexibility index (Phi) is 8.24. The molecule has 182 valence electrons. The molecule has 0 heterocycles. The Morgan fingerprint density at radius 3 is 2.00 bits per heavy atom. The molecule has 4 N–H and O–H groups in total. The highest BCUT2D eigenvalue weighted by molar-refractivity contribution is 6.03. The number of rotatable bonds is 9. The van der Waals surface area contributed by atoms with Gasteiger partial charge in [0.05, 0.1) is 34.1 Å². The van der Waals surface area contributed by atoms with Crippen molar-refractivity contribution >= 4 is 35.5 Å². The lowest BCUT2D eigenvalue weighted by atomic mass is 10.1. The first-order valence-corrected chi connectivity index (χ1v) is 10.6. The summed E-state index contributed by atoms with van der Waals surface area (Å²) >= 11 is 0. The number of amides is 1. The second-order valence-electron chi connectivity index (χ2n) is 7.36. The van der Waals surface area contributed by atoms with Crippen LogP contribution in [0.1, 0.15) is 16.7 Å². The number of benzene rings is 3. The van der Waals surface area contributed by atoms with Crippen LogP contribution in [0.25, 0.3) is 18.2 Å². The number of phenolic OH excluding ortho intramolecular Hbond substituents is 1. The number of hydrogen-bond donors (Lipinski definition) is 3. The Labute approximate surface area is 204 Å². The molecule has 8 heteroatoms. The quantitative estimate of drug-likeness (QED) is 0.230. The minimum Gasteiger partial charge on any atom is -0.504 e. The van der Waals surface area contributed by atoms with Gasteiger partial charge in [-0.3, -0.25) is 4.79 Å². The molecule has 0 aliphatic rings. The lowest BCUT2D eigenvalue weighted by Crippen LogP contribution is -2.09. The van der Waals surface area contributed by atoms with Gasteiger partial charge in [0.15, 0.2) is 23.0 Å². The molecule has 0 radical (unpaired) electrons. The van der Waals surface area contributed by atoms with E-state index in [2.05, 4.69) is 5.32 Å². The van der Waals surface area contributed by atoms with Crippen LogP contribution in [0.5, 0.6) is 28.7 Å². The van der Waals surface area contributed by atoms with E-state index in [0.717, 1.165) is 11.1 Å². The van der Waals surface area contributed by atoms with Gasteiger partial charge in [-0.05, 0) is 53.1 Å². The normalized spacial score (nSPS) is 11.0. The van der Waals surface area contributed by atoms with Gasteiger partial charge in [0.25, 0.3) is 0 Å². The van der Waals surface area contributed by atoms with Gasteiger partial charge < -0.3 is 35.1 Å². The van der Waals surface area contributed by atoms with Crippen molar-refractivity contribution < 1.29 is 28.8 Å². The summed E-state index contributed by atoms with van der Waals surface area (Å²) in [5, 5.41) is 13.2. The van der Waals surface area contributed by atoms with Crippen molar-refractivity contribution in [1.82, 2.24) is 0 Å². The first kappa shape index (κ1) is 25.0. The fourth-order valence-corrected chi connectivity index (χ4v) is 3.43. The largest absolute Gasteiger partial charge is 0.504 e. The highest BCUT2D eigenvalue weighted by Crippen LogP contribution is 2.39. The highest BCUT2D eigenvalue weighted by Gasteiger charge is 2.14. The van der Waals surface area contributed by atoms with Gasteiger partial charge in [-0.25, -0.2) is 0 Å². The predicted octanol–water partition coefficient (Wildman–Crippen LogP) is 4.83. The average Bonchev–Trinajstić information content (AvgIpc) is 2.86. The number of carbonyl (C=O) groups excluding carboxylic acids is 1. The zero-order chi connectivity index (χ0) is 25.4. The third-order valence-electron chi connectivity index (χ3n) is 5.12. The minimum absolute atomic E-state index is 0.119. The van der Waals surface area contributed by atoms with Gasteiger partial charge in [-0.2, -0.15) is 0 Å². The minimum atomic E-state index is -0.406. The first-order chi connectivity index (χ1) is 16.9. The summed E-state index contributed by atoms with van der Waals surface area (Å²) in [5.41, 5.74) is 8.92. The van der Waals surface area contributed by atoms with Gasteiger partial charge in [0, 0.05) is 11.8 Å². The van der Waals surface area contributed by atoms with Crippen LogP contribution < -0.4 is 30.0 Å². The Morgan fingerprint density at radius 1 is 0.829 bits per heavy atom. The second-order valence-corrected chi connectivity index (χ2v) is 7.36. The van der Waals surface area contributed by atoms with Crippen LogP contribution in [-0.4, -0.2) is 39.5 Å². The molecular weight excluding hydrogens is 448 g/mol. The maximum Gasteiger partial charge on any atom is 0.248 e. The molecule has 0 saturated carbocycles. The Hall–Kier alpha value is -4.59. The van der Waals surface area contributed by atoms with E-state index in [1.54, 1.807) is 56.7 Å². The lowest BCUT2D eigenvalue weighted by Gasteiger charge is -2.13. The third kappa shape index (κ3) is 6.05. The van der Waals surface area contributed by atoms with Crippen molar-refractivity contribution in [3.63, 3.8) is 0 Å². The zero-order valence-electron chi connectivity index (χ0n) is 20.0. The van der Waals surface area contributed by atoms with Crippen molar-refractivity contribution in [2.24, 2.45) is 0 Å². The molecular formula is C27H28N2O6. The Bertz CT molecular complexity index is 1240. The number of carbonyl (C=O) groups is 1. The SMILES string of the molecule is COc1cc(/C=C/c2cc(O)c(OC)c(NC(=O)/C=C/c3ccccc3N)c2)cc(OC)c1OC. The summed E-state index contributed by atoms with van der Waals surface area (Å²) in [6, 6.07) is 14.0. The van der Waals surface area contributed by atoms with Crippen molar-refractivity contribution in [3.8, 4) is 28.7 Å². The van der Waals surface area contributed by atoms with E-state index in [-0.39, 0.29) is 11.5 Å². The molecule has 0 atom stereocenters. The number of para-hydroxylation sites is 1. The molecule has 0 aromatic heterocycles. The molecule has 0 aliphatic heterocycles. The summed E-state index contributed by atoms with van der Waals surface area (Å²) < 4.78 is 21.4. The van der Waals surface area contributed by atoms with Crippen molar-refractivity contribution in [3.05, 3.63) is 71.3 Å². The fraction of sp³-hybridized carbons (Fsp3) is 0.148. The average molecular weight is 477 g/mol. The standard InChI is InChI=1S/C27H28N2O6/c1-32-23-15-18(16-24(33-2)27(23)35-4)10-9-17-13-21(26(34-3)22(30)14-17)29-25(31)12-11-19-7-5-6-8-20(19)28/h5-16,30H,28H2,1-4H3,(H,29,31)/b10-9+,12-11+. The van der Waals surface area contributed by atoms with Crippen LogP contribution in [-0.2, 0) is 4.79 Å². The van der Waals surface area contributed by atoms with Crippen LogP contribution >= 0.6 is 0 Å². The molecule has 0 bridgehead atoms. The van der Waals surface area contributed by atoms with Crippen LogP contribution in [0.4, 0.5) is 11.4 Å². The molecule has 35 heavy (non-hydrogen) atoms. The molecule has 0 aliphatic carbocycles. The van der Waals surface area contributed by atoms with Crippen molar-refractivity contribution in [2.75, 3.05) is 39.5 Å². The lowest BCUT2D eigenvalue weighted by molar-refractivity contribution is -0.111. The van der Waals surface area contributed by atoms with Crippen molar-refractivity contribution in [1.29, 1.82) is 0 Å². The van der Waals surface area contributed by atoms with E-state index in [4.69, 9.17) is 24.7 Å². The topological polar surface area (TPSA) is 112 Å². The van der Waals surface area contributed by atoms with Crippen LogP contribution in [0.3, 0.4) is 0 Å². The summed E-state index contributed by atoms with van der Waals surface area (Å²) in [4.78, 5) is 12.5. The summed E-state index contributed by atoms with van der Waals surface area (Å²) in [5.74, 6) is 1.15. The van der Waals surface area contributed by atoms with E-state index >= 15 is 0 Å². The number of phenols is 1. The number of anilines is 2. The number of hydrogen-bond acceptors (Lipinski definition) is 7. The Morgan fingerprint density at radius 2 is 1.43 bits per heavy atom. The number of nitrogens with one attached hydrogen (secondary N) is 1. The number of nitrogens with two attached hydrogens (primary N) is 1. The van der Waals surface area contributed by atoms with Gasteiger partial charge in [0.1, 0.15) is 0 Å². The van der Waals surface area contributed by atoms with Gasteiger partial charge in [-0.1, -0.05) is 30.4 Å². The van der Waals surface area contributed by atoms with E-state index in [1.807, 2.05) is 18.2 Å². The summed E-state index contributed by atoms with van der Waals surface area (Å²) in [6.07, 6.45) is 6.57. The molecule has 0 saturated heterocycles.